The van der Waals surface area contributed by atoms with E-state index in [-0.39, 0.29) is 6.04 Å². The maximum Gasteiger partial charge on any atom is 0.267 e. The van der Waals surface area contributed by atoms with Crippen molar-refractivity contribution in [1.29, 1.82) is 0 Å². The number of aromatic amines is 1. The number of carbonyl (C=O) groups excluding carboxylic acids is 1. The smallest absolute Gasteiger partial charge is 0.267 e. The van der Waals surface area contributed by atoms with Gasteiger partial charge >= 0.3 is 0 Å². The Morgan fingerprint density at radius 1 is 1.26 bits per heavy atom. The normalized spacial score (nSPS) is 11.6. The zero-order valence-electron chi connectivity index (χ0n) is 14.4. The van der Waals surface area contributed by atoms with Crippen molar-refractivity contribution in [2.45, 2.75) is 40.2 Å². The van der Waals surface area contributed by atoms with E-state index in [1.54, 1.807) is 0 Å². The highest BCUT2D eigenvalue weighted by atomic mass is 32.1. The molecule has 0 saturated heterocycles. The second-order valence-corrected chi connectivity index (χ2v) is 5.78. The number of hydrogen-bond donors (Lipinski definition) is 3. The zero-order chi connectivity index (χ0) is 17.7. The highest BCUT2D eigenvalue weighted by Gasteiger charge is 2.20. The highest BCUT2D eigenvalue weighted by Crippen LogP contribution is 2.27. The summed E-state index contributed by atoms with van der Waals surface area (Å²) in [5.41, 5.74) is 14.8. The van der Waals surface area contributed by atoms with Crippen molar-refractivity contribution < 1.29 is 4.79 Å². The van der Waals surface area contributed by atoms with Gasteiger partial charge in [0.2, 0.25) is 0 Å². The average molecular weight is 334 g/mol. The summed E-state index contributed by atoms with van der Waals surface area (Å²) in [5.74, 6) is -0.479. The van der Waals surface area contributed by atoms with E-state index in [4.69, 9.17) is 18.0 Å². The summed E-state index contributed by atoms with van der Waals surface area (Å²) < 4.78 is 2.52. The molecule has 0 fully saturated rings. The van der Waals surface area contributed by atoms with Gasteiger partial charge in [-0.1, -0.05) is 25.1 Å². The minimum absolute atomic E-state index is 0.0983. The van der Waals surface area contributed by atoms with Crippen molar-refractivity contribution in [3.63, 3.8) is 0 Å². The SMILES string of the molecule is CCC(c1ccc(C)c(C)c1)n1c(C)c(C(N)=O)[nH]c1=S.CN. The van der Waals surface area contributed by atoms with Gasteiger partial charge in [0, 0.05) is 5.69 Å². The Bertz CT molecular complexity index is 746. The number of nitrogens with two attached hydrogens (primary N) is 2. The molecule has 0 spiro atoms. The van der Waals surface area contributed by atoms with Crippen molar-refractivity contribution in [3.05, 3.63) is 51.0 Å². The third-order valence-electron chi connectivity index (χ3n) is 4.03. The summed E-state index contributed by atoms with van der Waals surface area (Å²) >= 11 is 5.38. The second kappa shape index (κ2) is 8.08. The number of rotatable bonds is 4. The van der Waals surface area contributed by atoms with Crippen LogP contribution in [0.4, 0.5) is 0 Å². The van der Waals surface area contributed by atoms with Crippen LogP contribution in [-0.4, -0.2) is 22.5 Å². The van der Waals surface area contributed by atoms with Crippen molar-refractivity contribution >= 4 is 18.1 Å². The van der Waals surface area contributed by atoms with Gasteiger partial charge in [-0.15, -0.1) is 0 Å². The van der Waals surface area contributed by atoms with Crippen LogP contribution in [0.15, 0.2) is 18.2 Å². The van der Waals surface area contributed by atoms with Gasteiger partial charge in [-0.2, -0.15) is 0 Å². The fraction of sp³-hybridized carbons (Fsp3) is 0.412. The molecule has 6 heteroatoms. The van der Waals surface area contributed by atoms with Crippen molar-refractivity contribution in [3.8, 4) is 0 Å². The summed E-state index contributed by atoms with van der Waals surface area (Å²) in [4.78, 5) is 14.4. The number of nitrogens with zero attached hydrogens (tertiary/aromatic N) is 1. The predicted octanol–water partition coefficient (Wildman–Crippen LogP) is 3.14. The molecular weight excluding hydrogens is 308 g/mol. The van der Waals surface area contributed by atoms with Gasteiger partial charge in [0.15, 0.2) is 4.77 Å². The van der Waals surface area contributed by atoms with Gasteiger partial charge in [-0.3, -0.25) is 4.79 Å². The van der Waals surface area contributed by atoms with Gasteiger partial charge in [0.1, 0.15) is 5.69 Å². The first-order valence-electron chi connectivity index (χ1n) is 7.62. The summed E-state index contributed by atoms with van der Waals surface area (Å²) in [7, 11) is 1.50. The Balaban J connectivity index is 0.00000127. The number of amides is 1. The minimum atomic E-state index is -0.479. The Morgan fingerprint density at radius 3 is 2.30 bits per heavy atom. The van der Waals surface area contributed by atoms with Crippen LogP contribution >= 0.6 is 12.2 Å². The van der Waals surface area contributed by atoms with Crippen LogP contribution in [0.2, 0.25) is 0 Å². The maximum absolute atomic E-state index is 11.5. The molecule has 5 N–H and O–H groups in total. The first kappa shape index (κ1) is 19.1. The van der Waals surface area contributed by atoms with Gasteiger partial charge in [-0.25, -0.2) is 0 Å². The fourth-order valence-corrected chi connectivity index (χ4v) is 3.05. The lowest BCUT2D eigenvalue weighted by Gasteiger charge is -2.20. The molecule has 23 heavy (non-hydrogen) atoms. The van der Waals surface area contributed by atoms with Crippen LogP contribution < -0.4 is 11.5 Å². The number of H-pyrrole nitrogens is 1. The molecule has 1 aromatic heterocycles. The van der Waals surface area contributed by atoms with E-state index in [0.29, 0.717) is 10.5 Å². The van der Waals surface area contributed by atoms with Crippen LogP contribution in [0.5, 0.6) is 0 Å². The standard InChI is InChI=1S/C16H21N3OS.CH5N/c1-5-13(12-7-6-9(2)10(3)8-12)19-11(4)14(15(17)20)18-16(19)21;1-2/h6-8,13H,5H2,1-4H3,(H2,17,20)(H,18,21);2H2,1H3. The zero-order valence-corrected chi connectivity index (χ0v) is 15.3. The van der Waals surface area contributed by atoms with Crippen LogP contribution in [0.3, 0.4) is 0 Å². The number of primary amides is 1. The Hall–Kier alpha value is -1.92. The summed E-state index contributed by atoms with van der Waals surface area (Å²) in [6.07, 6.45) is 0.883. The summed E-state index contributed by atoms with van der Waals surface area (Å²) in [5, 5.41) is 0. The van der Waals surface area contributed by atoms with Gasteiger partial charge in [0.25, 0.3) is 5.91 Å². The number of aromatic nitrogens is 2. The first-order valence-corrected chi connectivity index (χ1v) is 8.03. The number of hydrogen-bond acceptors (Lipinski definition) is 3. The molecule has 1 amide bonds. The molecule has 2 aromatic rings. The van der Waals surface area contributed by atoms with E-state index in [2.05, 4.69) is 49.7 Å². The van der Waals surface area contributed by atoms with Crippen LogP contribution in [0.25, 0.3) is 0 Å². The molecule has 0 aliphatic heterocycles. The summed E-state index contributed by atoms with van der Waals surface area (Å²) in [6.45, 7) is 8.18. The van der Waals surface area contributed by atoms with Crippen molar-refractivity contribution in [1.82, 2.24) is 9.55 Å². The average Bonchev–Trinajstić information content (AvgIpc) is 2.82. The lowest BCUT2D eigenvalue weighted by Crippen LogP contribution is -2.16. The van der Waals surface area contributed by atoms with E-state index in [1.165, 1.54) is 23.7 Å². The minimum Gasteiger partial charge on any atom is -0.364 e. The first-order chi connectivity index (χ1) is 10.9. The monoisotopic (exact) mass is 334 g/mol. The molecule has 126 valence electrons. The fourth-order valence-electron chi connectivity index (χ4n) is 2.68. The van der Waals surface area contributed by atoms with E-state index in [0.717, 1.165) is 12.1 Å². The lowest BCUT2D eigenvalue weighted by molar-refractivity contribution is 0.0995. The number of carbonyl (C=O) groups is 1. The molecule has 0 saturated carbocycles. The Morgan fingerprint density at radius 2 is 1.87 bits per heavy atom. The molecule has 1 atom stereocenters. The third-order valence-corrected chi connectivity index (χ3v) is 4.33. The molecule has 5 nitrogen and oxygen atoms in total. The quantitative estimate of drug-likeness (QED) is 0.750. The molecular formula is C17H26N4OS. The molecule has 0 radical (unpaired) electrons. The van der Waals surface area contributed by atoms with Crippen LogP contribution in [0, 0.1) is 25.5 Å². The van der Waals surface area contributed by atoms with Crippen molar-refractivity contribution in [2.75, 3.05) is 7.05 Å². The van der Waals surface area contributed by atoms with E-state index in [9.17, 15) is 4.79 Å². The Labute approximate surface area is 142 Å². The molecule has 1 unspecified atom stereocenters. The topological polar surface area (TPSA) is 89.8 Å². The van der Waals surface area contributed by atoms with Gasteiger partial charge in [-0.05, 0) is 63.1 Å². The predicted molar refractivity (Wildman–Crippen MR) is 97.3 cm³/mol. The molecule has 0 aliphatic rings. The second-order valence-electron chi connectivity index (χ2n) is 5.39. The maximum atomic E-state index is 11.5. The molecule has 0 aliphatic carbocycles. The van der Waals surface area contributed by atoms with E-state index < -0.39 is 5.91 Å². The van der Waals surface area contributed by atoms with Crippen LogP contribution in [-0.2, 0) is 0 Å². The third kappa shape index (κ3) is 3.89. The number of aryl methyl sites for hydroxylation is 2. The lowest BCUT2D eigenvalue weighted by atomic mass is 9.99. The molecule has 1 heterocycles. The van der Waals surface area contributed by atoms with E-state index in [1.807, 2.05) is 11.5 Å². The number of nitrogens with one attached hydrogen (secondary N) is 1. The van der Waals surface area contributed by atoms with Crippen LogP contribution in [0.1, 0.15) is 52.3 Å². The largest absolute Gasteiger partial charge is 0.364 e. The Kier molecular flexibility index (Phi) is 6.72. The highest BCUT2D eigenvalue weighted by molar-refractivity contribution is 7.71. The molecule has 2 rings (SSSR count). The molecule has 1 aromatic carbocycles. The van der Waals surface area contributed by atoms with Gasteiger partial charge in [0.05, 0.1) is 6.04 Å². The number of benzene rings is 1. The number of imidazole rings is 1. The van der Waals surface area contributed by atoms with Gasteiger partial charge < -0.3 is 21.0 Å². The molecule has 0 bridgehead atoms. The summed E-state index contributed by atoms with van der Waals surface area (Å²) in [6, 6.07) is 6.52. The van der Waals surface area contributed by atoms with E-state index >= 15 is 0 Å². The van der Waals surface area contributed by atoms with Crippen molar-refractivity contribution in [2.24, 2.45) is 11.5 Å².